The van der Waals surface area contributed by atoms with Crippen LogP contribution in [-0.4, -0.2) is 60.9 Å². The number of aromatic nitrogens is 2. The number of nitrogens with zero attached hydrogens (tertiary/aromatic N) is 3. The van der Waals surface area contributed by atoms with E-state index in [0.717, 1.165) is 49.1 Å². The van der Waals surface area contributed by atoms with Gasteiger partial charge < -0.3 is 15.7 Å². The predicted octanol–water partition coefficient (Wildman–Crippen LogP) is 1.50. The molecule has 2 heterocycles. The molecule has 1 aromatic carbocycles. The van der Waals surface area contributed by atoms with Gasteiger partial charge >= 0.3 is 12.2 Å². The fraction of sp³-hybridized carbons (Fsp3) is 0.400. The normalized spacial score (nSPS) is 13.5. The van der Waals surface area contributed by atoms with Gasteiger partial charge in [0.1, 0.15) is 0 Å². The number of carbonyl (C=O) groups excluding carboxylic acids is 2. The molecule has 0 unspecified atom stereocenters. The number of nitrogens with two attached hydrogens (primary N) is 1. The number of carbonyl (C=O) groups is 3. The Hall–Kier alpha value is -3.61. The van der Waals surface area contributed by atoms with E-state index < -0.39 is 27.9 Å². The van der Waals surface area contributed by atoms with Crippen molar-refractivity contribution < 1.29 is 32.7 Å². The summed E-state index contributed by atoms with van der Waals surface area (Å²) in [6.45, 7) is 5.04. The molecule has 4 N–H and O–H groups in total. The Kier molecular flexibility index (Phi) is 8.40. The second-order valence-electron chi connectivity index (χ2n) is 7.48. The van der Waals surface area contributed by atoms with Gasteiger partial charge in [0.25, 0.3) is 5.91 Å². The van der Waals surface area contributed by atoms with E-state index in [0.29, 0.717) is 11.4 Å². The molecule has 1 aromatic heterocycles. The molecule has 3 amide bonds. The Balaban J connectivity index is 0.000000294. The van der Waals surface area contributed by atoms with Gasteiger partial charge in [-0.15, -0.1) is 5.10 Å². The van der Waals surface area contributed by atoms with Gasteiger partial charge in [-0.2, -0.15) is 0 Å². The highest BCUT2D eigenvalue weighted by molar-refractivity contribution is 7.90. The smallest absolute Gasteiger partial charge is 0.448 e. The van der Waals surface area contributed by atoms with Crippen LogP contribution in [-0.2, 0) is 9.84 Å². The predicted molar refractivity (Wildman–Crippen MR) is 119 cm³/mol. The molecule has 0 atom stereocenters. The van der Waals surface area contributed by atoms with E-state index in [1.165, 1.54) is 12.1 Å². The highest BCUT2D eigenvalue weighted by Crippen LogP contribution is 2.29. The maximum atomic E-state index is 12.0. The summed E-state index contributed by atoms with van der Waals surface area (Å²) in [5.74, 6) is -0.720. The molecule has 3 rings (SSSR count). The number of benzene rings is 1. The largest absolute Gasteiger partial charge is 0.532 e. The van der Waals surface area contributed by atoms with E-state index in [1.807, 2.05) is 10.2 Å². The highest BCUT2D eigenvalue weighted by Gasteiger charge is 2.22. The van der Waals surface area contributed by atoms with Gasteiger partial charge in [0.2, 0.25) is 0 Å². The quantitative estimate of drug-likeness (QED) is 0.584. The molecule has 1 fully saturated rings. The summed E-state index contributed by atoms with van der Waals surface area (Å²) in [7, 11) is -3.51. The van der Waals surface area contributed by atoms with E-state index in [-0.39, 0.29) is 10.5 Å². The fourth-order valence-electron chi connectivity index (χ4n) is 3.31. The number of hydrogen-bond donors (Lipinski definition) is 3. The number of imide groups is 1. The first kappa shape index (κ1) is 25.6. The van der Waals surface area contributed by atoms with E-state index in [9.17, 15) is 22.8 Å². The van der Waals surface area contributed by atoms with Gasteiger partial charge in [0.05, 0.1) is 22.0 Å². The monoisotopic (exact) mass is 481 g/mol. The second-order valence-corrected chi connectivity index (χ2v) is 9.46. The lowest BCUT2D eigenvalue weighted by Crippen LogP contribution is -2.35. The second kappa shape index (κ2) is 10.8. The van der Waals surface area contributed by atoms with Crippen LogP contribution in [0.3, 0.4) is 0 Å². The molecular weight excluding hydrogens is 454 g/mol. The summed E-state index contributed by atoms with van der Waals surface area (Å²) in [5, 5.41) is 13.9. The number of anilines is 1. The Bertz CT molecular complexity index is 1140. The third-order valence-electron chi connectivity index (χ3n) is 4.69. The summed E-state index contributed by atoms with van der Waals surface area (Å²) in [4.78, 5) is 39.9. The lowest BCUT2D eigenvalue weighted by atomic mass is 10.1. The summed E-state index contributed by atoms with van der Waals surface area (Å²) in [6, 6.07) is 5.14. The minimum atomic E-state index is -3.51. The van der Waals surface area contributed by atoms with Crippen LogP contribution < -0.4 is 20.8 Å². The van der Waals surface area contributed by atoms with Crippen LogP contribution in [0.2, 0.25) is 0 Å². The average molecular weight is 482 g/mol. The third kappa shape index (κ3) is 7.49. The van der Waals surface area contributed by atoms with Gasteiger partial charge in [-0.25, -0.2) is 18.0 Å². The lowest BCUT2D eigenvalue weighted by molar-refractivity contribution is 0.0654. The van der Waals surface area contributed by atoms with E-state index >= 15 is 0 Å². The van der Waals surface area contributed by atoms with E-state index in [2.05, 4.69) is 9.94 Å². The fourth-order valence-corrected chi connectivity index (χ4v) is 4.23. The summed E-state index contributed by atoms with van der Waals surface area (Å²) in [6.07, 6.45) is 2.88. The number of carboxylic acid groups (broad SMARTS) is 1. The molecule has 0 saturated carbocycles. The number of piperidine rings is 1. The number of urea groups is 1. The minimum Gasteiger partial charge on any atom is -0.448 e. The first-order valence-electron chi connectivity index (χ1n) is 10.0. The van der Waals surface area contributed by atoms with Crippen molar-refractivity contribution in [2.24, 2.45) is 5.73 Å². The number of aryl methyl sites for hydroxylation is 2. The zero-order chi connectivity index (χ0) is 24.8. The lowest BCUT2D eigenvalue weighted by Gasteiger charge is -2.30. The van der Waals surface area contributed by atoms with Crippen LogP contribution >= 0.6 is 0 Å². The molecule has 12 nitrogen and oxygen atoms in total. The topological polar surface area (TPSA) is 174 Å². The number of nitrogens with one attached hydrogen (secondary N) is 1. The molecule has 1 aliphatic rings. The first-order valence-corrected chi connectivity index (χ1v) is 11.9. The molecule has 0 aliphatic carbocycles. The van der Waals surface area contributed by atoms with Gasteiger partial charge in [0.15, 0.2) is 9.84 Å². The van der Waals surface area contributed by atoms with Gasteiger partial charge in [-0.05, 0) is 57.4 Å². The van der Waals surface area contributed by atoms with Crippen LogP contribution in [0.15, 0.2) is 29.2 Å². The van der Waals surface area contributed by atoms with Gasteiger partial charge in [-0.1, -0.05) is 4.85 Å². The molecular formula is C20H27N5O7S. The Labute approximate surface area is 191 Å². The molecule has 1 aliphatic heterocycles. The molecule has 1 saturated heterocycles. The van der Waals surface area contributed by atoms with Gasteiger partial charge in [-0.3, -0.25) is 14.9 Å². The van der Waals surface area contributed by atoms with Crippen LogP contribution in [0.4, 0.5) is 15.3 Å². The number of rotatable bonds is 4. The average Bonchev–Trinajstić information content (AvgIpc) is 3.03. The first-order chi connectivity index (χ1) is 15.4. The standard InChI is InChI=1S/C14H19N3O4S.C6H8N2O3/c1-22(20,21)12-9-10(13(18)16-14(15)19)5-6-11(12)17-7-3-2-4-8-17;1-4-3-5(2)8(7-4)11-6(9)10/h5-6,9H,2-4,7-8H2,1H3,(H3,15,16,18,19);3H,1-2H3,(H,9,10). The zero-order valence-electron chi connectivity index (χ0n) is 18.6. The van der Waals surface area contributed by atoms with E-state index in [4.69, 9.17) is 10.8 Å². The third-order valence-corrected chi connectivity index (χ3v) is 5.81. The molecule has 2 aromatic rings. The van der Waals surface area contributed by atoms with Crippen molar-refractivity contribution in [3.63, 3.8) is 0 Å². The van der Waals surface area contributed by atoms with Crippen molar-refractivity contribution in [2.75, 3.05) is 24.2 Å². The molecule has 0 spiro atoms. The number of amides is 3. The SMILES string of the molecule is CS(=O)(=O)c1cc(C(=O)NC(N)=O)ccc1N1CCCCC1.Cc1cc(C)n(OC(=O)O)n1. The zero-order valence-corrected chi connectivity index (χ0v) is 19.4. The molecule has 0 bridgehead atoms. The summed E-state index contributed by atoms with van der Waals surface area (Å²) >= 11 is 0. The van der Waals surface area contributed by atoms with E-state index in [1.54, 1.807) is 26.0 Å². The Morgan fingerprint density at radius 3 is 2.24 bits per heavy atom. The van der Waals surface area contributed by atoms with Crippen LogP contribution in [0.5, 0.6) is 0 Å². The minimum absolute atomic E-state index is 0.0833. The van der Waals surface area contributed by atoms with Crippen molar-refractivity contribution in [3.8, 4) is 0 Å². The maximum Gasteiger partial charge on any atom is 0.532 e. The van der Waals surface area contributed by atoms with Crippen molar-refractivity contribution in [3.05, 3.63) is 41.2 Å². The molecule has 13 heteroatoms. The molecule has 0 radical (unpaired) electrons. The Morgan fingerprint density at radius 2 is 1.76 bits per heavy atom. The number of sulfone groups is 1. The summed E-state index contributed by atoms with van der Waals surface area (Å²) in [5.41, 5.74) is 6.97. The van der Waals surface area contributed by atoms with Crippen LogP contribution in [0, 0.1) is 13.8 Å². The Morgan fingerprint density at radius 1 is 1.12 bits per heavy atom. The van der Waals surface area contributed by atoms with Gasteiger partial charge in [0, 0.05) is 24.9 Å². The maximum absolute atomic E-state index is 12.0. The van der Waals surface area contributed by atoms with Crippen LogP contribution in [0.1, 0.15) is 41.0 Å². The number of hydrogen-bond acceptors (Lipinski definition) is 8. The summed E-state index contributed by atoms with van der Waals surface area (Å²) < 4.78 is 24.1. The number of primary amides is 1. The van der Waals surface area contributed by atoms with Crippen molar-refractivity contribution in [2.45, 2.75) is 38.0 Å². The highest BCUT2D eigenvalue weighted by atomic mass is 32.2. The molecule has 180 valence electrons. The van der Waals surface area contributed by atoms with Crippen LogP contribution in [0.25, 0.3) is 0 Å². The van der Waals surface area contributed by atoms with Crippen molar-refractivity contribution in [1.82, 2.24) is 15.3 Å². The van der Waals surface area contributed by atoms with Crippen molar-refractivity contribution in [1.29, 1.82) is 0 Å². The molecule has 33 heavy (non-hydrogen) atoms. The van der Waals surface area contributed by atoms with Crippen molar-refractivity contribution >= 4 is 33.6 Å².